The Bertz CT molecular complexity index is 2800. The van der Waals surface area contributed by atoms with Crippen molar-refractivity contribution in [1.82, 2.24) is 0 Å². The fourth-order valence-electron chi connectivity index (χ4n) is 8.37. The van der Waals surface area contributed by atoms with Crippen molar-refractivity contribution in [2.75, 3.05) is 0 Å². The first-order valence-corrected chi connectivity index (χ1v) is 35.3. The standard InChI is InChI=1S/2C30H39O6P3/c2*1-28(2,3)22-10-16-25(17-11-22)37(31)34-38(32,26-18-12-23(13-19-26)29(4,5)6)36-39(33,35-37)27-20-14-24(15-21-27)30(7,8)9/h2*10-21H,1-9H3. The quantitative estimate of drug-likeness (QED) is 0.146. The van der Waals surface area contributed by atoms with Gasteiger partial charge in [-0.05, 0) is 139 Å². The van der Waals surface area contributed by atoms with E-state index in [0.717, 1.165) is 33.4 Å². The molecule has 0 aromatic heterocycles. The molecule has 18 heteroatoms. The summed E-state index contributed by atoms with van der Waals surface area (Å²) >= 11 is 0. The van der Waals surface area contributed by atoms with Gasteiger partial charge in [-0.15, -0.1) is 0 Å². The molecule has 0 saturated carbocycles. The molecule has 2 saturated heterocycles. The lowest BCUT2D eigenvalue weighted by molar-refractivity contribution is 0.293. The molecule has 0 radical (unpaired) electrons. The van der Waals surface area contributed by atoms with E-state index >= 15 is 0 Å². The highest BCUT2D eigenvalue weighted by Crippen LogP contribution is 2.82. The van der Waals surface area contributed by atoms with Gasteiger partial charge in [-0.1, -0.05) is 197 Å². The first kappa shape index (κ1) is 62.1. The molecule has 420 valence electrons. The highest BCUT2D eigenvalue weighted by Gasteiger charge is 2.57. The largest absolute Gasteiger partial charge is 0.376 e. The summed E-state index contributed by atoms with van der Waals surface area (Å²) in [5.74, 6) is 0. The molecular formula is C60H78O12P6. The second-order valence-electron chi connectivity index (χ2n) is 26.3. The summed E-state index contributed by atoms with van der Waals surface area (Å²) in [6.45, 7) is 37.2. The second-order valence-corrected chi connectivity index (χ2v) is 39.2. The Kier molecular flexibility index (Phi) is 17.0. The summed E-state index contributed by atoms with van der Waals surface area (Å²) in [5.41, 5.74) is 5.20. The first-order valence-electron chi connectivity index (χ1n) is 26.1. The van der Waals surface area contributed by atoms with Crippen molar-refractivity contribution in [2.24, 2.45) is 0 Å². The lowest BCUT2D eigenvalue weighted by Gasteiger charge is -2.35. The van der Waals surface area contributed by atoms with E-state index in [0.29, 0.717) is 0 Å². The van der Waals surface area contributed by atoms with Crippen LogP contribution >= 0.6 is 45.6 Å². The van der Waals surface area contributed by atoms with E-state index < -0.39 is 45.6 Å². The van der Waals surface area contributed by atoms with Crippen LogP contribution in [0.4, 0.5) is 0 Å². The van der Waals surface area contributed by atoms with Gasteiger partial charge >= 0.3 is 45.6 Å². The van der Waals surface area contributed by atoms with Gasteiger partial charge in [0, 0.05) is 0 Å². The molecule has 6 aromatic rings. The summed E-state index contributed by atoms with van der Waals surface area (Å²) in [6.07, 6.45) is 0. The zero-order chi connectivity index (χ0) is 58.1. The van der Waals surface area contributed by atoms with Gasteiger partial charge in [-0.3, -0.25) is 27.4 Å². The minimum atomic E-state index is -4.35. The summed E-state index contributed by atoms with van der Waals surface area (Å²) in [6, 6.07) is 41.3. The number of benzene rings is 6. The summed E-state index contributed by atoms with van der Waals surface area (Å²) in [7, 11) is -26.1. The Labute approximate surface area is 464 Å². The minimum Gasteiger partial charge on any atom is -0.254 e. The van der Waals surface area contributed by atoms with Crippen LogP contribution in [0.3, 0.4) is 0 Å². The monoisotopic (exact) mass is 1180 g/mol. The average Bonchev–Trinajstić information content (AvgIpc) is 3.32. The van der Waals surface area contributed by atoms with Crippen LogP contribution in [0.1, 0.15) is 158 Å². The van der Waals surface area contributed by atoms with E-state index in [4.69, 9.17) is 25.9 Å². The number of hydrogen-bond donors (Lipinski definition) is 0. The van der Waals surface area contributed by atoms with Crippen molar-refractivity contribution in [3.05, 3.63) is 179 Å². The van der Waals surface area contributed by atoms with Gasteiger partial charge in [0.1, 0.15) is 0 Å². The molecule has 78 heavy (non-hydrogen) atoms. The van der Waals surface area contributed by atoms with Gasteiger partial charge in [-0.25, -0.2) is 25.9 Å². The van der Waals surface area contributed by atoms with Crippen LogP contribution in [-0.4, -0.2) is 0 Å². The summed E-state index contributed by atoms with van der Waals surface area (Å²) in [4.78, 5) is 0. The zero-order valence-corrected chi connectivity index (χ0v) is 53.8. The Balaban J connectivity index is 0.000000226. The molecule has 0 atom stereocenters. The molecule has 0 bridgehead atoms. The normalized spacial score (nSPS) is 26.4. The van der Waals surface area contributed by atoms with E-state index in [1.165, 1.54) is 0 Å². The van der Waals surface area contributed by atoms with Crippen LogP contribution in [-0.2, 0) is 85.7 Å². The van der Waals surface area contributed by atoms with Crippen molar-refractivity contribution in [3.63, 3.8) is 0 Å². The first-order chi connectivity index (χ1) is 35.5. The van der Waals surface area contributed by atoms with Crippen molar-refractivity contribution in [3.8, 4) is 0 Å². The van der Waals surface area contributed by atoms with Crippen LogP contribution in [0.5, 0.6) is 0 Å². The van der Waals surface area contributed by atoms with Gasteiger partial charge < -0.3 is 0 Å². The lowest BCUT2D eigenvalue weighted by atomic mass is 9.87. The molecule has 2 fully saturated rings. The van der Waals surface area contributed by atoms with Crippen LogP contribution in [0, 0.1) is 0 Å². The lowest BCUT2D eigenvalue weighted by Crippen LogP contribution is -2.23. The van der Waals surface area contributed by atoms with Gasteiger partial charge in [0.05, 0.1) is 31.8 Å². The van der Waals surface area contributed by atoms with E-state index in [9.17, 15) is 27.4 Å². The number of hydrogen-bond acceptors (Lipinski definition) is 12. The van der Waals surface area contributed by atoms with Crippen molar-refractivity contribution >= 4 is 77.4 Å². The molecule has 8 rings (SSSR count). The SMILES string of the molecule is CC(C)(C)c1ccc(P2(=O)OP(=O)(c3ccc(C(C)(C)C)cc3)OP(=O)(c3ccc(C(C)(C)C)cc3)O2)cc1.CC(C)(C)c1ccc(P2(=O)OP(=O)(c3ccc(C(C)(C)C)cc3)OP(=O)(c3ccc(C(C)(C)C)cc3)O2)cc1. The van der Waals surface area contributed by atoms with Crippen molar-refractivity contribution in [2.45, 2.75) is 157 Å². The maximum absolute atomic E-state index is 14.4. The third-order valence-corrected chi connectivity index (χ3v) is 29.5. The molecule has 2 aliphatic heterocycles. The van der Waals surface area contributed by atoms with E-state index in [1.807, 2.05) is 72.8 Å². The van der Waals surface area contributed by atoms with E-state index in [2.05, 4.69) is 125 Å². The maximum atomic E-state index is 14.4. The minimum absolute atomic E-state index is 0.140. The van der Waals surface area contributed by atoms with Crippen LogP contribution in [0.15, 0.2) is 146 Å². The van der Waals surface area contributed by atoms with Gasteiger partial charge in [-0.2, -0.15) is 0 Å². The summed E-state index contributed by atoms with van der Waals surface area (Å²) in [5, 5.41) is 0.983. The third kappa shape index (κ3) is 13.7. The predicted molar refractivity (Wildman–Crippen MR) is 321 cm³/mol. The molecule has 0 aliphatic carbocycles. The Morgan fingerprint density at radius 3 is 0.359 bits per heavy atom. The molecule has 6 aromatic carbocycles. The zero-order valence-electron chi connectivity index (χ0n) is 48.4. The molecule has 0 amide bonds. The van der Waals surface area contributed by atoms with Gasteiger partial charge in [0.15, 0.2) is 0 Å². The molecule has 2 heterocycles. The van der Waals surface area contributed by atoms with Crippen molar-refractivity contribution < 1.29 is 53.3 Å². The van der Waals surface area contributed by atoms with Crippen molar-refractivity contribution in [1.29, 1.82) is 0 Å². The molecular weight excluding hydrogens is 1100 g/mol. The van der Waals surface area contributed by atoms with Gasteiger partial charge in [0.2, 0.25) is 0 Å². The van der Waals surface area contributed by atoms with E-state index in [-0.39, 0.29) is 64.3 Å². The molecule has 12 nitrogen and oxygen atoms in total. The van der Waals surface area contributed by atoms with Crippen LogP contribution < -0.4 is 31.8 Å². The van der Waals surface area contributed by atoms with Gasteiger partial charge in [0.25, 0.3) is 0 Å². The number of rotatable bonds is 6. The highest BCUT2D eigenvalue weighted by atomic mass is 31.3. The molecule has 0 N–H and O–H groups in total. The smallest absolute Gasteiger partial charge is 0.254 e. The van der Waals surface area contributed by atoms with Crippen LogP contribution in [0.2, 0.25) is 0 Å². The maximum Gasteiger partial charge on any atom is 0.376 e. The topological polar surface area (TPSA) is 158 Å². The molecule has 0 spiro atoms. The highest BCUT2D eigenvalue weighted by molar-refractivity contribution is 7.88. The molecule has 2 aliphatic rings. The predicted octanol–water partition coefficient (Wildman–Crippen LogP) is 17.0. The fraction of sp³-hybridized carbons (Fsp3) is 0.400. The Morgan fingerprint density at radius 2 is 0.282 bits per heavy atom. The van der Waals surface area contributed by atoms with E-state index in [1.54, 1.807) is 72.8 Å². The Morgan fingerprint density at radius 1 is 0.192 bits per heavy atom. The fourth-order valence-corrected chi connectivity index (χ4v) is 25.1. The average molecular weight is 1180 g/mol. The van der Waals surface area contributed by atoms with Crippen LogP contribution in [0.25, 0.3) is 0 Å². The second kappa shape index (κ2) is 21.3. The Hall–Kier alpha value is -3.54. The molecule has 0 unspecified atom stereocenters. The third-order valence-electron chi connectivity index (χ3n) is 13.6. The summed E-state index contributed by atoms with van der Waals surface area (Å²) < 4.78 is 121.